The van der Waals surface area contributed by atoms with Gasteiger partial charge in [-0.3, -0.25) is 0 Å². The van der Waals surface area contributed by atoms with Gasteiger partial charge in [-0.25, -0.2) is 0 Å². The molecule has 0 heterocycles. The molecule has 3 nitrogen and oxygen atoms in total. The average Bonchev–Trinajstić information content (AvgIpc) is 1.78. The Bertz CT molecular complexity index is 191. The van der Waals surface area contributed by atoms with Crippen molar-refractivity contribution in [3.63, 3.8) is 0 Å². The monoisotopic (exact) mass is 318 g/mol. The fraction of sp³-hybridized carbons (Fsp3) is 0.667. The van der Waals surface area contributed by atoms with Gasteiger partial charge in [-0.15, -0.1) is 0 Å². The molecule has 0 aliphatic carbocycles. The molecule has 0 atom stereocenters. The topological polar surface area (TPSA) is 37.1 Å². The zero-order chi connectivity index (χ0) is 8.04. The van der Waals surface area contributed by atoms with E-state index < -0.39 is 0 Å². The normalized spacial score (nSPS) is 10.9. The predicted octanol–water partition coefficient (Wildman–Crippen LogP) is 2.09. The third kappa shape index (κ3) is 7.65. The zero-order valence-electron chi connectivity index (χ0n) is 6.16. The molecule has 0 saturated carbocycles. The van der Waals surface area contributed by atoms with Crippen LogP contribution >= 0.6 is 0 Å². The molecule has 0 unspecified atom stereocenters. The van der Waals surface area contributed by atoms with Crippen molar-refractivity contribution in [3.8, 4) is 12.0 Å². The van der Waals surface area contributed by atoms with Gasteiger partial charge >= 0.3 is 71.7 Å². The predicted molar refractivity (Wildman–Crippen MR) is 34.5 cm³/mol. The molecule has 0 fully saturated rings. The molecule has 58 valence electrons. The van der Waals surface area contributed by atoms with E-state index in [1.165, 1.54) is 0 Å². The zero-order valence-corrected chi connectivity index (χ0v) is 8.43. The Morgan fingerprint density at radius 3 is 2.30 bits per heavy atom. The van der Waals surface area contributed by atoms with Crippen LogP contribution in [0.2, 0.25) is 0 Å². The van der Waals surface area contributed by atoms with E-state index in [2.05, 4.69) is 25.9 Å². The molecule has 0 amide bonds. The van der Waals surface area contributed by atoms with E-state index in [4.69, 9.17) is 0 Å². The first kappa shape index (κ1) is 9.65. The van der Waals surface area contributed by atoms with Gasteiger partial charge in [0.15, 0.2) is 0 Å². The maximum absolute atomic E-state index is 3.47. The Morgan fingerprint density at radius 1 is 1.30 bits per heavy atom. The van der Waals surface area contributed by atoms with Gasteiger partial charge in [0.1, 0.15) is 0 Å². The van der Waals surface area contributed by atoms with Gasteiger partial charge in [0, 0.05) is 0 Å². The van der Waals surface area contributed by atoms with Gasteiger partial charge in [-0.2, -0.15) is 0 Å². The van der Waals surface area contributed by atoms with Crippen LogP contribution in [0.1, 0.15) is 20.8 Å². The first-order valence-corrected chi connectivity index (χ1v) is 3.78. The summed E-state index contributed by atoms with van der Waals surface area (Å²) in [5.74, 6) is 2.88. The molecular weight excluding hydrogens is 309 g/mol. The molecule has 0 radical (unpaired) electrons. The number of rotatable bonds is 1. The van der Waals surface area contributed by atoms with Crippen molar-refractivity contribution < 1.29 is 19.6 Å². The fourth-order valence-corrected chi connectivity index (χ4v) is 0.331. The Labute approximate surface area is 72.0 Å². The van der Waals surface area contributed by atoms with E-state index in [9.17, 15) is 0 Å². The molecule has 0 N–H and O–H groups in total. The van der Waals surface area contributed by atoms with Crippen LogP contribution in [0.5, 0.6) is 0 Å². The second kappa shape index (κ2) is 4.46. The number of hydrogen-bond donors (Lipinski definition) is 0. The quantitative estimate of drug-likeness (QED) is 0.403. The molecule has 10 heavy (non-hydrogen) atoms. The summed E-state index contributed by atoms with van der Waals surface area (Å²) >= 11 is 1.73. The van der Waals surface area contributed by atoms with Crippen LogP contribution < -0.4 is 0 Å². The summed E-state index contributed by atoms with van der Waals surface area (Å²) in [6, 6.07) is 2.54. The van der Waals surface area contributed by atoms with Gasteiger partial charge < -0.3 is 0 Å². The summed E-state index contributed by atoms with van der Waals surface area (Å²) in [5.41, 5.74) is -0.00945. The molecule has 0 aromatic heterocycles. The van der Waals surface area contributed by atoms with E-state index in [0.717, 1.165) is 0 Å². The van der Waals surface area contributed by atoms with Gasteiger partial charge in [0.2, 0.25) is 0 Å². The number of hydrogen-bond acceptors (Lipinski definition) is 2. The molecule has 4 heteroatoms. The Kier molecular flexibility index (Phi) is 4.30. The average molecular weight is 318 g/mol. The Hall–Kier alpha value is -0.352. The summed E-state index contributed by atoms with van der Waals surface area (Å²) in [6.45, 7) is 6.03. The molecule has 0 bridgehead atoms. The third-order valence-corrected chi connectivity index (χ3v) is 0.757. The summed E-state index contributed by atoms with van der Waals surface area (Å²) < 4.78 is 3.38. The molecule has 0 saturated heterocycles. The summed E-state index contributed by atoms with van der Waals surface area (Å²) in [5, 5.41) is 6.80. The van der Waals surface area contributed by atoms with Crippen molar-refractivity contribution in [1.29, 1.82) is 0 Å². The van der Waals surface area contributed by atoms with E-state index >= 15 is 0 Å². The van der Waals surface area contributed by atoms with Crippen molar-refractivity contribution in [3.05, 3.63) is 0 Å². The number of nitrogens with zero attached hydrogens (tertiary/aromatic N) is 3. The SMILES string of the molecule is CC(C)(C)C#CN=N[N]=[Pt]. The molecule has 0 aliphatic heterocycles. The van der Waals surface area contributed by atoms with Gasteiger partial charge in [-0.05, 0) is 0 Å². The van der Waals surface area contributed by atoms with E-state index in [-0.39, 0.29) is 5.41 Å². The van der Waals surface area contributed by atoms with E-state index in [1.54, 1.807) is 19.6 Å². The molecule has 0 rings (SSSR count). The van der Waals surface area contributed by atoms with Crippen LogP contribution in [0, 0.1) is 17.4 Å². The van der Waals surface area contributed by atoms with E-state index in [0.29, 0.717) is 0 Å². The molecule has 0 aliphatic rings. The fourth-order valence-electron chi connectivity index (χ4n) is 0.229. The van der Waals surface area contributed by atoms with Crippen molar-refractivity contribution in [2.75, 3.05) is 0 Å². The molecular formula is C6H9N3Pt. The Morgan fingerprint density at radius 2 is 1.90 bits per heavy atom. The third-order valence-electron chi connectivity index (χ3n) is 0.554. The van der Waals surface area contributed by atoms with E-state index in [1.807, 2.05) is 20.8 Å². The minimum atomic E-state index is -0.00945. The second-order valence-electron chi connectivity index (χ2n) is 2.74. The van der Waals surface area contributed by atoms with Crippen molar-refractivity contribution in [2.45, 2.75) is 20.8 Å². The van der Waals surface area contributed by atoms with Gasteiger partial charge in [0.25, 0.3) is 0 Å². The Balaban J connectivity index is 3.93. The standard InChI is InChI=1S/C6H9N3.Pt/c1-6(2,3)4-5-8-9-7;/h1-3H3;. The van der Waals surface area contributed by atoms with Crippen LogP contribution in [0.15, 0.2) is 13.9 Å². The van der Waals surface area contributed by atoms with Crippen molar-refractivity contribution in [2.24, 2.45) is 19.4 Å². The first-order valence-electron chi connectivity index (χ1n) is 2.77. The van der Waals surface area contributed by atoms with Crippen LogP contribution in [0.25, 0.3) is 0 Å². The summed E-state index contributed by atoms with van der Waals surface area (Å²) in [6.07, 6.45) is 0. The summed E-state index contributed by atoms with van der Waals surface area (Å²) in [4.78, 5) is 0. The van der Waals surface area contributed by atoms with Crippen molar-refractivity contribution in [1.82, 2.24) is 0 Å². The molecule has 0 aromatic carbocycles. The maximum atomic E-state index is 3.47. The van der Waals surface area contributed by atoms with Crippen LogP contribution in [-0.2, 0) is 19.6 Å². The van der Waals surface area contributed by atoms with Gasteiger partial charge in [-0.1, -0.05) is 0 Å². The second-order valence-corrected chi connectivity index (χ2v) is 3.19. The van der Waals surface area contributed by atoms with Crippen LogP contribution in [0.3, 0.4) is 0 Å². The summed E-state index contributed by atoms with van der Waals surface area (Å²) in [7, 11) is 0. The van der Waals surface area contributed by atoms with Crippen LogP contribution in [-0.4, -0.2) is 0 Å². The van der Waals surface area contributed by atoms with Crippen molar-refractivity contribution >= 4 is 0 Å². The molecule has 0 spiro atoms. The van der Waals surface area contributed by atoms with Crippen LogP contribution in [0.4, 0.5) is 0 Å². The first-order chi connectivity index (χ1) is 4.56. The molecule has 0 aromatic rings. The minimum absolute atomic E-state index is 0.00945. The van der Waals surface area contributed by atoms with Gasteiger partial charge in [0.05, 0.1) is 0 Å².